The number of methoxy groups -OCH3 is 2. The molecule has 1 amide bonds. The second-order valence-electron chi connectivity index (χ2n) is 5.44. The number of piperidine rings is 1. The van der Waals surface area contributed by atoms with E-state index in [1.165, 1.54) is 31.3 Å². The second-order valence-corrected chi connectivity index (χ2v) is 5.44. The zero-order chi connectivity index (χ0) is 18.6. The Bertz CT molecular complexity index is 627. The number of halogens is 2. The van der Waals surface area contributed by atoms with Gasteiger partial charge >= 0.3 is 12.6 Å². The Labute approximate surface area is 143 Å². The van der Waals surface area contributed by atoms with Crippen LogP contribution in [-0.2, 0) is 4.79 Å². The van der Waals surface area contributed by atoms with E-state index in [4.69, 9.17) is 9.47 Å². The largest absolute Gasteiger partial charge is 0.493 e. The van der Waals surface area contributed by atoms with Crippen LogP contribution in [0.1, 0.15) is 29.6 Å². The van der Waals surface area contributed by atoms with Gasteiger partial charge in [-0.25, -0.2) is 4.79 Å². The maximum Gasteiger partial charge on any atom is 0.387 e. The third kappa shape index (κ3) is 4.09. The smallest absolute Gasteiger partial charge is 0.387 e. The molecule has 0 bridgehead atoms. The van der Waals surface area contributed by atoms with Crippen molar-refractivity contribution in [1.29, 1.82) is 0 Å². The number of amides is 1. The summed E-state index contributed by atoms with van der Waals surface area (Å²) in [5, 5.41) is 9.30. The van der Waals surface area contributed by atoms with Crippen molar-refractivity contribution < 1.29 is 37.7 Å². The van der Waals surface area contributed by atoms with Crippen LogP contribution in [0.25, 0.3) is 0 Å². The average Bonchev–Trinajstić information content (AvgIpc) is 2.60. The minimum Gasteiger partial charge on any atom is -0.493 e. The fourth-order valence-electron chi connectivity index (χ4n) is 2.81. The number of carbonyl (C=O) groups excluding carboxylic acids is 1. The number of benzene rings is 1. The van der Waals surface area contributed by atoms with Gasteiger partial charge in [0.2, 0.25) is 5.75 Å². The molecule has 1 N–H and O–H groups in total. The summed E-state index contributed by atoms with van der Waals surface area (Å²) in [6.07, 6.45) is 1.77. The van der Waals surface area contributed by atoms with Gasteiger partial charge in [-0.2, -0.15) is 8.78 Å². The van der Waals surface area contributed by atoms with Gasteiger partial charge in [-0.3, -0.25) is 4.79 Å². The van der Waals surface area contributed by atoms with Crippen LogP contribution in [0.3, 0.4) is 0 Å². The van der Waals surface area contributed by atoms with Crippen molar-refractivity contribution in [3.63, 3.8) is 0 Å². The van der Waals surface area contributed by atoms with Gasteiger partial charge in [-0.05, 0) is 31.4 Å². The van der Waals surface area contributed by atoms with E-state index in [0.29, 0.717) is 25.8 Å². The Kier molecular flexibility index (Phi) is 6.00. The molecular weight excluding hydrogens is 340 g/mol. The molecule has 0 spiro atoms. The zero-order valence-corrected chi connectivity index (χ0v) is 13.8. The normalized spacial score (nSPS) is 17.3. The molecule has 9 heteroatoms. The molecule has 1 aliphatic heterocycles. The molecule has 1 heterocycles. The number of carbonyl (C=O) groups is 2. The summed E-state index contributed by atoms with van der Waals surface area (Å²) in [7, 11) is 2.48. The first-order valence-corrected chi connectivity index (χ1v) is 7.63. The van der Waals surface area contributed by atoms with E-state index < -0.39 is 24.5 Å². The molecule has 1 unspecified atom stereocenters. The number of aliphatic carboxylic acids is 1. The Morgan fingerprint density at radius 3 is 2.28 bits per heavy atom. The zero-order valence-electron chi connectivity index (χ0n) is 13.8. The number of nitrogens with zero attached hydrogens (tertiary/aromatic N) is 1. The minimum absolute atomic E-state index is 0.0727. The van der Waals surface area contributed by atoms with E-state index in [-0.39, 0.29) is 22.8 Å². The van der Waals surface area contributed by atoms with Gasteiger partial charge in [-0.15, -0.1) is 0 Å². The monoisotopic (exact) mass is 359 g/mol. The van der Waals surface area contributed by atoms with E-state index in [1.54, 1.807) is 0 Å². The predicted octanol–water partition coefficient (Wildman–Crippen LogP) is 2.38. The molecule has 0 aromatic heterocycles. The number of likely N-dealkylation sites (tertiary alicyclic amines) is 1. The van der Waals surface area contributed by atoms with Gasteiger partial charge in [0.05, 0.1) is 14.2 Å². The Balaban J connectivity index is 2.40. The number of alkyl halides is 2. The lowest BCUT2D eigenvalue weighted by Gasteiger charge is -2.33. The number of ether oxygens (including phenoxy) is 3. The van der Waals surface area contributed by atoms with Crippen LogP contribution in [0.15, 0.2) is 12.1 Å². The minimum atomic E-state index is -3.09. The number of hydrogen-bond acceptors (Lipinski definition) is 5. The number of hydrogen-bond donors (Lipinski definition) is 1. The molecule has 0 saturated carbocycles. The van der Waals surface area contributed by atoms with E-state index in [0.717, 1.165) is 0 Å². The lowest BCUT2D eigenvalue weighted by molar-refractivity contribution is -0.143. The molecular formula is C16H19F2NO6. The van der Waals surface area contributed by atoms with Crippen molar-refractivity contribution in [2.75, 3.05) is 20.8 Å². The van der Waals surface area contributed by atoms with Gasteiger partial charge in [0, 0.05) is 12.1 Å². The summed E-state index contributed by atoms with van der Waals surface area (Å²) < 4.78 is 39.6. The fraction of sp³-hybridized carbons (Fsp3) is 0.500. The number of carboxylic acid groups (broad SMARTS) is 1. The Morgan fingerprint density at radius 2 is 1.80 bits per heavy atom. The maximum atomic E-state index is 12.7. The van der Waals surface area contributed by atoms with Crippen LogP contribution >= 0.6 is 0 Å². The van der Waals surface area contributed by atoms with Crippen molar-refractivity contribution >= 4 is 11.9 Å². The van der Waals surface area contributed by atoms with Crippen molar-refractivity contribution in [3.05, 3.63) is 17.7 Å². The summed E-state index contributed by atoms with van der Waals surface area (Å²) >= 11 is 0. The van der Waals surface area contributed by atoms with Crippen LogP contribution in [0.2, 0.25) is 0 Å². The highest BCUT2D eigenvalue weighted by Crippen LogP contribution is 2.40. The summed E-state index contributed by atoms with van der Waals surface area (Å²) in [5.41, 5.74) is 0.0727. The van der Waals surface area contributed by atoms with Crippen LogP contribution in [0.5, 0.6) is 17.2 Å². The predicted molar refractivity (Wildman–Crippen MR) is 82.5 cm³/mol. The van der Waals surface area contributed by atoms with Gasteiger partial charge in [0.1, 0.15) is 6.04 Å². The summed E-state index contributed by atoms with van der Waals surface area (Å²) in [4.78, 5) is 25.4. The third-order valence-corrected chi connectivity index (χ3v) is 3.96. The SMILES string of the molecule is COc1cc(C(=O)N2CCCCC2C(=O)O)cc(OC)c1OC(F)F. The van der Waals surface area contributed by atoms with Crippen LogP contribution < -0.4 is 14.2 Å². The number of carboxylic acids is 1. The fourth-order valence-corrected chi connectivity index (χ4v) is 2.81. The topological polar surface area (TPSA) is 85.3 Å². The standard InChI is InChI=1S/C16H19F2NO6/c1-23-11-7-9(8-12(24-2)13(11)25-16(17)18)14(20)19-6-4-3-5-10(19)15(21)22/h7-8,10,16H,3-6H2,1-2H3,(H,21,22). The van der Waals surface area contributed by atoms with Crippen molar-refractivity contribution in [2.45, 2.75) is 31.9 Å². The quantitative estimate of drug-likeness (QED) is 0.839. The highest BCUT2D eigenvalue weighted by molar-refractivity contribution is 5.98. The van der Waals surface area contributed by atoms with Crippen LogP contribution in [0.4, 0.5) is 8.78 Å². The van der Waals surface area contributed by atoms with Crippen LogP contribution in [-0.4, -0.2) is 55.3 Å². The van der Waals surface area contributed by atoms with Gasteiger partial charge in [0.25, 0.3) is 5.91 Å². The van der Waals surface area contributed by atoms with Gasteiger partial charge in [0.15, 0.2) is 11.5 Å². The van der Waals surface area contributed by atoms with Crippen LogP contribution in [0, 0.1) is 0 Å². The van der Waals surface area contributed by atoms with Crippen molar-refractivity contribution in [3.8, 4) is 17.2 Å². The van der Waals surface area contributed by atoms with Crippen molar-refractivity contribution in [2.24, 2.45) is 0 Å². The summed E-state index contributed by atoms with van der Waals surface area (Å²) in [6, 6.07) is 1.54. The van der Waals surface area contributed by atoms with Gasteiger partial charge in [-0.1, -0.05) is 0 Å². The maximum absolute atomic E-state index is 12.7. The average molecular weight is 359 g/mol. The lowest BCUT2D eigenvalue weighted by atomic mass is 10.0. The highest BCUT2D eigenvalue weighted by Gasteiger charge is 2.33. The molecule has 1 aliphatic rings. The molecule has 0 aliphatic carbocycles. The molecule has 1 aromatic carbocycles. The van der Waals surface area contributed by atoms with Crippen molar-refractivity contribution in [1.82, 2.24) is 4.90 Å². The first kappa shape index (κ1) is 18.8. The van der Waals surface area contributed by atoms with E-state index in [2.05, 4.69) is 4.74 Å². The lowest BCUT2D eigenvalue weighted by Crippen LogP contribution is -2.48. The first-order chi connectivity index (χ1) is 11.9. The summed E-state index contributed by atoms with van der Waals surface area (Å²) in [6.45, 7) is -2.79. The molecule has 2 rings (SSSR count). The number of rotatable bonds is 6. The summed E-state index contributed by atoms with van der Waals surface area (Å²) in [5.74, 6) is -2.15. The van der Waals surface area contributed by atoms with E-state index >= 15 is 0 Å². The highest BCUT2D eigenvalue weighted by atomic mass is 19.3. The molecule has 25 heavy (non-hydrogen) atoms. The van der Waals surface area contributed by atoms with E-state index in [9.17, 15) is 23.5 Å². The molecule has 1 atom stereocenters. The molecule has 1 fully saturated rings. The Hall–Kier alpha value is -2.58. The van der Waals surface area contributed by atoms with Gasteiger partial charge < -0.3 is 24.2 Å². The third-order valence-electron chi connectivity index (χ3n) is 3.96. The molecule has 7 nitrogen and oxygen atoms in total. The molecule has 138 valence electrons. The molecule has 1 aromatic rings. The molecule has 1 saturated heterocycles. The Morgan fingerprint density at radius 1 is 1.20 bits per heavy atom. The van der Waals surface area contributed by atoms with E-state index in [1.807, 2.05) is 0 Å². The second kappa shape index (κ2) is 8.00. The molecule has 0 radical (unpaired) electrons. The first-order valence-electron chi connectivity index (χ1n) is 7.63.